The number of fused-ring (bicyclic) bond motifs is 1. The summed E-state index contributed by atoms with van der Waals surface area (Å²) in [5.74, 6) is 0.443. The fourth-order valence-corrected chi connectivity index (χ4v) is 2.86. The van der Waals surface area contributed by atoms with Crippen LogP contribution in [0.4, 0.5) is 0 Å². The van der Waals surface area contributed by atoms with E-state index in [2.05, 4.69) is 35.1 Å². The quantitative estimate of drug-likeness (QED) is 0.830. The minimum absolute atomic E-state index is 0.215. The van der Waals surface area contributed by atoms with Gasteiger partial charge >= 0.3 is 0 Å². The van der Waals surface area contributed by atoms with Gasteiger partial charge in [0.2, 0.25) is 0 Å². The SMILES string of the molecule is CN1CCC(c2cnc3ccccc3c2)C(N)C1. The third-order valence-electron chi connectivity index (χ3n) is 3.90. The molecule has 0 spiro atoms. The Kier molecular flexibility index (Phi) is 3.02. The fourth-order valence-electron chi connectivity index (χ4n) is 2.86. The van der Waals surface area contributed by atoms with Crippen molar-refractivity contribution in [2.45, 2.75) is 18.4 Å². The van der Waals surface area contributed by atoms with Crippen molar-refractivity contribution < 1.29 is 0 Å². The summed E-state index contributed by atoms with van der Waals surface area (Å²) >= 11 is 0. The second-order valence-electron chi connectivity index (χ2n) is 5.28. The molecule has 0 bridgehead atoms. The molecule has 1 aromatic heterocycles. The van der Waals surface area contributed by atoms with Crippen molar-refractivity contribution in [3.05, 3.63) is 42.1 Å². The van der Waals surface area contributed by atoms with Crippen LogP contribution in [0.1, 0.15) is 17.9 Å². The zero-order valence-corrected chi connectivity index (χ0v) is 10.7. The highest BCUT2D eigenvalue weighted by Gasteiger charge is 2.26. The van der Waals surface area contributed by atoms with Crippen LogP contribution in [0, 0.1) is 0 Å². The van der Waals surface area contributed by atoms with E-state index in [0.717, 1.165) is 25.0 Å². The topological polar surface area (TPSA) is 42.2 Å². The van der Waals surface area contributed by atoms with Gasteiger partial charge < -0.3 is 10.6 Å². The number of pyridine rings is 1. The van der Waals surface area contributed by atoms with Gasteiger partial charge in [0.15, 0.2) is 0 Å². The molecule has 3 nitrogen and oxygen atoms in total. The van der Waals surface area contributed by atoms with Crippen molar-refractivity contribution in [2.75, 3.05) is 20.1 Å². The predicted octanol–water partition coefficient (Wildman–Crippen LogP) is 1.98. The molecule has 3 rings (SSSR count). The summed E-state index contributed by atoms with van der Waals surface area (Å²) in [5, 5.41) is 1.21. The molecule has 2 aromatic rings. The molecular weight excluding hydrogens is 222 g/mol. The van der Waals surface area contributed by atoms with Gasteiger partial charge in [-0.1, -0.05) is 18.2 Å². The van der Waals surface area contributed by atoms with E-state index >= 15 is 0 Å². The average Bonchev–Trinajstić information content (AvgIpc) is 2.38. The van der Waals surface area contributed by atoms with Crippen LogP contribution in [0.3, 0.4) is 0 Å². The molecule has 2 N–H and O–H groups in total. The Morgan fingerprint density at radius 3 is 3.00 bits per heavy atom. The van der Waals surface area contributed by atoms with Gasteiger partial charge in [-0.2, -0.15) is 0 Å². The summed E-state index contributed by atoms with van der Waals surface area (Å²) in [6.45, 7) is 2.09. The standard InChI is InChI=1S/C15H19N3/c1-18-7-6-13(14(16)10-18)12-8-11-4-2-3-5-15(11)17-9-12/h2-5,8-9,13-14H,6-7,10,16H2,1H3. The lowest BCUT2D eigenvalue weighted by atomic mass is 9.86. The summed E-state index contributed by atoms with van der Waals surface area (Å²) in [4.78, 5) is 6.84. The normalized spacial score (nSPS) is 25.4. The maximum absolute atomic E-state index is 6.28. The van der Waals surface area contributed by atoms with Crippen molar-refractivity contribution >= 4 is 10.9 Å². The highest BCUT2D eigenvalue weighted by molar-refractivity contribution is 5.78. The first-order chi connectivity index (χ1) is 8.74. The maximum atomic E-state index is 6.28. The Labute approximate surface area is 108 Å². The number of para-hydroxylation sites is 1. The zero-order chi connectivity index (χ0) is 12.5. The van der Waals surface area contributed by atoms with Gasteiger partial charge in [-0.3, -0.25) is 4.98 Å². The van der Waals surface area contributed by atoms with Crippen LogP contribution in [0.2, 0.25) is 0 Å². The van der Waals surface area contributed by atoms with Crippen LogP contribution in [0.5, 0.6) is 0 Å². The number of benzene rings is 1. The van der Waals surface area contributed by atoms with Gasteiger partial charge in [0.1, 0.15) is 0 Å². The largest absolute Gasteiger partial charge is 0.326 e. The highest BCUT2D eigenvalue weighted by Crippen LogP contribution is 2.28. The number of likely N-dealkylation sites (N-methyl/N-ethyl adjacent to an activating group) is 1. The summed E-state index contributed by atoms with van der Waals surface area (Å²) in [6.07, 6.45) is 3.12. The van der Waals surface area contributed by atoms with Crippen LogP contribution in [0.25, 0.3) is 10.9 Å². The molecule has 1 saturated heterocycles. The summed E-state index contributed by atoms with van der Waals surface area (Å²) in [6, 6.07) is 10.7. The van der Waals surface area contributed by atoms with Crippen molar-refractivity contribution in [2.24, 2.45) is 5.73 Å². The molecule has 0 radical (unpaired) electrons. The Morgan fingerprint density at radius 1 is 1.33 bits per heavy atom. The van der Waals surface area contributed by atoms with Gasteiger partial charge in [-0.25, -0.2) is 0 Å². The minimum Gasteiger partial charge on any atom is -0.326 e. The highest BCUT2D eigenvalue weighted by atomic mass is 15.1. The summed E-state index contributed by atoms with van der Waals surface area (Å²) in [5.41, 5.74) is 8.62. The molecule has 3 heteroatoms. The van der Waals surface area contributed by atoms with Crippen molar-refractivity contribution in [3.63, 3.8) is 0 Å². The molecule has 1 aliphatic heterocycles. The second kappa shape index (κ2) is 4.67. The number of piperidine rings is 1. The van der Waals surface area contributed by atoms with Crippen LogP contribution in [-0.2, 0) is 0 Å². The molecule has 2 heterocycles. The number of nitrogens with two attached hydrogens (primary N) is 1. The molecule has 2 atom stereocenters. The molecule has 1 aromatic carbocycles. The molecule has 1 fully saturated rings. The molecule has 2 unspecified atom stereocenters. The van der Waals surface area contributed by atoms with Gasteiger partial charge in [-0.05, 0) is 37.7 Å². The van der Waals surface area contributed by atoms with E-state index in [1.807, 2.05) is 18.3 Å². The van der Waals surface area contributed by atoms with Crippen molar-refractivity contribution in [1.82, 2.24) is 9.88 Å². The number of nitrogens with zero attached hydrogens (tertiary/aromatic N) is 2. The molecule has 1 aliphatic rings. The number of hydrogen-bond donors (Lipinski definition) is 1. The average molecular weight is 241 g/mol. The van der Waals surface area contributed by atoms with Gasteiger partial charge in [0.25, 0.3) is 0 Å². The lowest BCUT2D eigenvalue weighted by molar-refractivity contribution is 0.228. The number of likely N-dealkylation sites (tertiary alicyclic amines) is 1. The molecule has 0 aliphatic carbocycles. The van der Waals surface area contributed by atoms with E-state index in [9.17, 15) is 0 Å². The van der Waals surface area contributed by atoms with E-state index in [1.54, 1.807) is 0 Å². The van der Waals surface area contributed by atoms with Crippen molar-refractivity contribution in [3.8, 4) is 0 Å². The van der Waals surface area contributed by atoms with Crippen LogP contribution in [0.15, 0.2) is 36.5 Å². The third-order valence-corrected chi connectivity index (χ3v) is 3.90. The zero-order valence-electron chi connectivity index (χ0n) is 10.7. The van der Waals surface area contributed by atoms with E-state index in [1.165, 1.54) is 10.9 Å². The summed E-state index contributed by atoms with van der Waals surface area (Å²) in [7, 11) is 2.13. The van der Waals surface area contributed by atoms with Crippen molar-refractivity contribution in [1.29, 1.82) is 0 Å². The molecule has 0 amide bonds. The molecule has 18 heavy (non-hydrogen) atoms. The first-order valence-corrected chi connectivity index (χ1v) is 6.53. The minimum atomic E-state index is 0.215. The smallest absolute Gasteiger partial charge is 0.0702 e. The number of hydrogen-bond acceptors (Lipinski definition) is 3. The first kappa shape index (κ1) is 11.6. The van der Waals surface area contributed by atoms with E-state index < -0.39 is 0 Å². The Balaban J connectivity index is 1.94. The molecular formula is C15H19N3. The van der Waals surface area contributed by atoms with Gasteiger partial charge in [-0.15, -0.1) is 0 Å². The fraction of sp³-hybridized carbons (Fsp3) is 0.400. The van der Waals surface area contributed by atoms with E-state index in [0.29, 0.717) is 5.92 Å². The molecule has 0 saturated carbocycles. The van der Waals surface area contributed by atoms with Crippen LogP contribution >= 0.6 is 0 Å². The first-order valence-electron chi connectivity index (χ1n) is 6.53. The second-order valence-corrected chi connectivity index (χ2v) is 5.28. The van der Waals surface area contributed by atoms with Crippen LogP contribution in [-0.4, -0.2) is 36.1 Å². The maximum Gasteiger partial charge on any atom is 0.0702 e. The lowest BCUT2D eigenvalue weighted by Crippen LogP contribution is -2.45. The predicted molar refractivity (Wildman–Crippen MR) is 74.6 cm³/mol. The van der Waals surface area contributed by atoms with Crippen LogP contribution < -0.4 is 5.73 Å². The summed E-state index contributed by atoms with van der Waals surface area (Å²) < 4.78 is 0. The van der Waals surface area contributed by atoms with E-state index in [-0.39, 0.29) is 6.04 Å². The Hall–Kier alpha value is -1.45. The van der Waals surface area contributed by atoms with Gasteiger partial charge in [0.05, 0.1) is 5.52 Å². The molecule has 94 valence electrons. The Morgan fingerprint density at radius 2 is 2.17 bits per heavy atom. The monoisotopic (exact) mass is 241 g/mol. The number of aromatic nitrogens is 1. The number of rotatable bonds is 1. The Bertz CT molecular complexity index is 552. The van der Waals surface area contributed by atoms with E-state index in [4.69, 9.17) is 5.73 Å². The lowest BCUT2D eigenvalue weighted by Gasteiger charge is -2.34. The van der Waals surface area contributed by atoms with Gasteiger partial charge in [0, 0.05) is 30.1 Å². The third kappa shape index (κ3) is 2.11.